The van der Waals surface area contributed by atoms with Gasteiger partial charge in [0.2, 0.25) is 11.8 Å². The van der Waals surface area contributed by atoms with E-state index >= 15 is 0 Å². The van der Waals surface area contributed by atoms with Crippen LogP contribution in [0.5, 0.6) is 0 Å². The van der Waals surface area contributed by atoms with E-state index in [0.717, 1.165) is 12.2 Å². The average molecular weight is 281 g/mol. The van der Waals surface area contributed by atoms with Gasteiger partial charge in [0.15, 0.2) is 5.82 Å². The summed E-state index contributed by atoms with van der Waals surface area (Å²) in [6.07, 6.45) is 2.05. The molecule has 0 spiro atoms. The number of nitrogens with zero attached hydrogens (tertiary/aromatic N) is 3. The maximum atomic E-state index is 12.1. The Morgan fingerprint density at radius 2 is 2.30 bits per heavy atom. The molecule has 0 bridgehead atoms. The van der Waals surface area contributed by atoms with Crippen molar-refractivity contribution in [3.8, 4) is 0 Å². The summed E-state index contributed by atoms with van der Waals surface area (Å²) in [5.74, 6) is 1.80. The summed E-state index contributed by atoms with van der Waals surface area (Å²) in [4.78, 5) is 18.2. The summed E-state index contributed by atoms with van der Waals surface area (Å²) in [5.41, 5.74) is 0. The Labute approximate surface area is 119 Å². The Kier molecular flexibility index (Phi) is 5.11. The van der Waals surface area contributed by atoms with Gasteiger partial charge in [-0.3, -0.25) is 4.79 Å². The second kappa shape index (κ2) is 6.83. The zero-order valence-electron chi connectivity index (χ0n) is 12.5. The highest BCUT2D eigenvalue weighted by Crippen LogP contribution is 2.12. The van der Waals surface area contributed by atoms with Crippen LogP contribution in [0.4, 0.5) is 0 Å². The fourth-order valence-electron chi connectivity index (χ4n) is 2.20. The van der Waals surface area contributed by atoms with Crippen LogP contribution in [-0.2, 0) is 16.0 Å². The van der Waals surface area contributed by atoms with E-state index in [1.165, 1.54) is 0 Å². The molecule has 1 aliphatic rings. The minimum absolute atomic E-state index is 0.136. The predicted octanol–water partition coefficient (Wildman–Crippen LogP) is 1.76. The van der Waals surface area contributed by atoms with Gasteiger partial charge >= 0.3 is 0 Å². The summed E-state index contributed by atoms with van der Waals surface area (Å²) >= 11 is 0. The van der Waals surface area contributed by atoms with Crippen LogP contribution in [0.15, 0.2) is 4.52 Å². The topological polar surface area (TPSA) is 68.5 Å². The van der Waals surface area contributed by atoms with E-state index in [9.17, 15) is 4.79 Å². The molecular formula is C14H23N3O3. The van der Waals surface area contributed by atoms with Crippen LogP contribution in [-0.4, -0.2) is 46.7 Å². The van der Waals surface area contributed by atoms with E-state index in [2.05, 4.69) is 10.1 Å². The number of hydrogen-bond donors (Lipinski definition) is 0. The SMILES string of the molecule is CC1CN(C(=O)CCCc2nc(C(C)C)no2)CCO1. The Morgan fingerprint density at radius 3 is 2.95 bits per heavy atom. The molecule has 1 aromatic rings. The zero-order chi connectivity index (χ0) is 14.5. The van der Waals surface area contributed by atoms with Gasteiger partial charge in [0, 0.05) is 31.8 Å². The number of carbonyl (C=O) groups is 1. The maximum Gasteiger partial charge on any atom is 0.226 e. The molecule has 0 saturated carbocycles. The van der Waals surface area contributed by atoms with Gasteiger partial charge in [0.1, 0.15) is 0 Å². The molecule has 1 atom stereocenters. The molecule has 6 nitrogen and oxygen atoms in total. The van der Waals surface area contributed by atoms with Crippen LogP contribution in [0.1, 0.15) is 51.2 Å². The molecule has 112 valence electrons. The van der Waals surface area contributed by atoms with Gasteiger partial charge in [0.05, 0.1) is 12.7 Å². The third-order valence-corrected chi connectivity index (χ3v) is 3.38. The molecule has 2 rings (SSSR count). The van der Waals surface area contributed by atoms with Gasteiger partial charge in [-0.1, -0.05) is 19.0 Å². The fraction of sp³-hybridized carbons (Fsp3) is 0.786. The first kappa shape index (κ1) is 15.0. The third kappa shape index (κ3) is 4.03. The predicted molar refractivity (Wildman–Crippen MR) is 73.3 cm³/mol. The van der Waals surface area contributed by atoms with Crippen LogP contribution in [0.3, 0.4) is 0 Å². The summed E-state index contributed by atoms with van der Waals surface area (Å²) in [7, 11) is 0. The summed E-state index contributed by atoms with van der Waals surface area (Å²) < 4.78 is 10.6. The smallest absolute Gasteiger partial charge is 0.226 e. The molecule has 1 amide bonds. The number of ether oxygens (including phenoxy) is 1. The Bertz CT molecular complexity index is 445. The lowest BCUT2D eigenvalue weighted by atomic mass is 10.2. The minimum atomic E-state index is 0.136. The number of carbonyl (C=O) groups excluding carboxylic acids is 1. The molecule has 1 aliphatic heterocycles. The summed E-state index contributed by atoms with van der Waals surface area (Å²) in [6, 6.07) is 0. The minimum Gasteiger partial charge on any atom is -0.375 e. The molecule has 6 heteroatoms. The van der Waals surface area contributed by atoms with Crippen molar-refractivity contribution in [2.45, 2.75) is 52.1 Å². The second-order valence-electron chi connectivity index (χ2n) is 5.58. The summed E-state index contributed by atoms with van der Waals surface area (Å²) in [6.45, 7) is 8.06. The monoisotopic (exact) mass is 281 g/mol. The van der Waals surface area contributed by atoms with E-state index in [0.29, 0.717) is 38.4 Å². The van der Waals surface area contributed by atoms with Crippen LogP contribution in [0.2, 0.25) is 0 Å². The first-order valence-corrected chi connectivity index (χ1v) is 7.28. The first-order valence-electron chi connectivity index (χ1n) is 7.28. The summed E-state index contributed by atoms with van der Waals surface area (Å²) in [5, 5.41) is 3.92. The van der Waals surface area contributed by atoms with Gasteiger partial charge in [-0.25, -0.2) is 0 Å². The highest BCUT2D eigenvalue weighted by Gasteiger charge is 2.21. The van der Waals surface area contributed by atoms with Crippen molar-refractivity contribution in [2.75, 3.05) is 19.7 Å². The Morgan fingerprint density at radius 1 is 1.50 bits per heavy atom. The van der Waals surface area contributed by atoms with Crippen molar-refractivity contribution in [1.82, 2.24) is 15.0 Å². The van der Waals surface area contributed by atoms with Crippen molar-refractivity contribution < 1.29 is 14.1 Å². The highest BCUT2D eigenvalue weighted by atomic mass is 16.5. The molecule has 20 heavy (non-hydrogen) atoms. The van der Waals surface area contributed by atoms with Crippen LogP contribution in [0.25, 0.3) is 0 Å². The van der Waals surface area contributed by atoms with E-state index < -0.39 is 0 Å². The zero-order valence-corrected chi connectivity index (χ0v) is 12.5. The quantitative estimate of drug-likeness (QED) is 0.822. The molecule has 0 aromatic carbocycles. The molecule has 1 fully saturated rings. The molecule has 0 radical (unpaired) electrons. The van der Waals surface area contributed by atoms with Gasteiger partial charge in [-0.15, -0.1) is 0 Å². The number of amides is 1. The molecule has 1 unspecified atom stereocenters. The van der Waals surface area contributed by atoms with Gasteiger partial charge in [-0.2, -0.15) is 4.98 Å². The largest absolute Gasteiger partial charge is 0.375 e. The lowest BCUT2D eigenvalue weighted by molar-refractivity contribution is -0.138. The van der Waals surface area contributed by atoms with E-state index in [4.69, 9.17) is 9.26 Å². The highest BCUT2D eigenvalue weighted by molar-refractivity contribution is 5.76. The molecule has 0 N–H and O–H groups in total. The van der Waals surface area contributed by atoms with Crippen molar-refractivity contribution >= 4 is 5.91 Å². The van der Waals surface area contributed by atoms with E-state index in [-0.39, 0.29) is 17.9 Å². The van der Waals surface area contributed by atoms with Gasteiger partial charge in [0.25, 0.3) is 0 Å². The Balaban J connectivity index is 1.73. The number of morpholine rings is 1. The standard InChI is InChI=1S/C14H23N3O3/c1-10(2)14-15-12(20-16-14)5-4-6-13(18)17-7-8-19-11(3)9-17/h10-11H,4-9H2,1-3H3. The van der Waals surface area contributed by atoms with Crippen molar-refractivity contribution in [2.24, 2.45) is 0 Å². The van der Waals surface area contributed by atoms with Crippen molar-refractivity contribution in [3.63, 3.8) is 0 Å². The normalized spacial score (nSPS) is 19.6. The number of hydrogen-bond acceptors (Lipinski definition) is 5. The van der Waals surface area contributed by atoms with Crippen molar-refractivity contribution in [1.29, 1.82) is 0 Å². The lowest BCUT2D eigenvalue weighted by Crippen LogP contribution is -2.44. The number of aryl methyl sites for hydroxylation is 1. The molecule has 0 aliphatic carbocycles. The molecule has 1 saturated heterocycles. The van der Waals surface area contributed by atoms with Gasteiger partial charge in [-0.05, 0) is 13.3 Å². The lowest BCUT2D eigenvalue weighted by Gasteiger charge is -2.31. The average Bonchev–Trinajstić information content (AvgIpc) is 2.87. The fourth-order valence-corrected chi connectivity index (χ4v) is 2.20. The molecule has 1 aromatic heterocycles. The molecule has 2 heterocycles. The number of rotatable bonds is 5. The maximum absolute atomic E-state index is 12.1. The third-order valence-electron chi connectivity index (χ3n) is 3.38. The van der Waals surface area contributed by atoms with Crippen molar-refractivity contribution in [3.05, 3.63) is 11.7 Å². The Hall–Kier alpha value is -1.43. The number of aromatic nitrogens is 2. The first-order chi connectivity index (χ1) is 9.56. The second-order valence-corrected chi connectivity index (χ2v) is 5.58. The van der Waals surface area contributed by atoms with E-state index in [1.807, 2.05) is 25.7 Å². The van der Waals surface area contributed by atoms with E-state index in [1.54, 1.807) is 0 Å². The van der Waals surface area contributed by atoms with Crippen LogP contribution >= 0.6 is 0 Å². The van der Waals surface area contributed by atoms with Crippen LogP contribution < -0.4 is 0 Å². The van der Waals surface area contributed by atoms with Crippen LogP contribution in [0, 0.1) is 0 Å². The molecular weight excluding hydrogens is 258 g/mol. The van der Waals surface area contributed by atoms with Gasteiger partial charge < -0.3 is 14.2 Å².